The van der Waals surface area contributed by atoms with Crippen molar-refractivity contribution in [2.24, 2.45) is 0 Å². The fourth-order valence-electron chi connectivity index (χ4n) is 0.753. The molecule has 0 saturated carbocycles. The number of halogens is 4. The molecule has 0 spiro atoms. The van der Waals surface area contributed by atoms with Gasteiger partial charge in [0.05, 0.1) is 5.33 Å². The number of Topliss-reactive ketones (excluding diaryl/α,β-unsaturated/α-hetero) is 1. The fraction of sp³-hybridized carbons (Fsp3) is 0.714. The third-order valence-electron chi connectivity index (χ3n) is 1.32. The summed E-state index contributed by atoms with van der Waals surface area (Å²) in [5.74, 6) is -2.28. The minimum atomic E-state index is -4.90. The molecule has 0 heterocycles. The van der Waals surface area contributed by atoms with E-state index in [0.717, 1.165) is 0 Å². The van der Waals surface area contributed by atoms with Crippen LogP contribution >= 0.6 is 15.9 Å². The largest absolute Gasteiger partial charge is 0.471 e. The molecule has 1 unspecified atom stereocenters. The van der Waals surface area contributed by atoms with Crippen molar-refractivity contribution in [1.29, 1.82) is 0 Å². The summed E-state index contributed by atoms with van der Waals surface area (Å²) in [7, 11) is 0. The molecule has 14 heavy (non-hydrogen) atoms. The third kappa shape index (κ3) is 5.21. The van der Waals surface area contributed by atoms with Crippen LogP contribution in [0.1, 0.15) is 13.3 Å². The van der Waals surface area contributed by atoms with Crippen LogP contribution in [-0.2, 0) is 9.59 Å². The molecule has 0 aliphatic rings. The van der Waals surface area contributed by atoms with Crippen LogP contribution in [0.15, 0.2) is 0 Å². The lowest BCUT2D eigenvalue weighted by molar-refractivity contribution is -0.174. The van der Waals surface area contributed by atoms with Gasteiger partial charge < -0.3 is 5.32 Å². The summed E-state index contributed by atoms with van der Waals surface area (Å²) in [4.78, 5) is 21.2. The highest BCUT2D eigenvalue weighted by Crippen LogP contribution is 2.14. The second kappa shape index (κ2) is 5.33. The van der Waals surface area contributed by atoms with E-state index in [0.29, 0.717) is 0 Å². The molecule has 0 aliphatic carbocycles. The molecule has 0 radical (unpaired) electrons. The van der Waals surface area contributed by atoms with E-state index >= 15 is 0 Å². The predicted octanol–water partition coefficient (Wildman–Crippen LogP) is 1.41. The lowest BCUT2D eigenvalue weighted by atomic mass is 10.2. The first-order chi connectivity index (χ1) is 6.27. The first kappa shape index (κ1) is 13.4. The number of ketones is 1. The lowest BCUT2D eigenvalue weighted by Gasteiger charge is -2.13. The van der Waals surface area contributed by atoms with Crippen LogP contribution in [0.25, 0.3) is 0 Å². The zero-order valence-electron chi connectivity index (χ0n) is 7.32. The van der Waals surface area contributed by atoms with Crippen LogP contribution in [0.4, 0.5) is 13.2 Å². The number of nitrogens with one attached hydrogen (secondary N) is 1. The van der Waals surface area contributed by atoms with Gasteiger partial charge in [-0.2, -0.15) is 13.2 Å². The molecule has 82 valence electrons. The first-order valence-corrected chi connectivity index (χ1v) is 4.85. The molecular weight excluding hydrogens is 267 g/mol. The number of hydrogen-bond donors (Lipinski definition) is 1. The molecule has 0 bridgehead atoms. The molecule has 0 aliphatic heterocycles. The monoisotopic (exact) mass is 275 g/mol. The van der Waals surface area contributed by atoms with Gasteiger partial charge in [0.15, 0.2) is 0 Å². The van der Waals surface area contributed by atoms with E-state index in [1.54, 1.807) is 5.32 Å². The molecule has 0 saturated heterocycles. The quantitative estimate of drug-likeness (QED) is 0.789. The normalized spacial score (nSPS) is 13.5. The Hall–Kier alpha value is -0.590. The molecule has 3 nitrogen and oxygen atoms in total. The van der Waals surface area contributed by atoms with Crippen molar-refractivity contribution in [3.8, 4) is 0 Å². The van der Waals surface area contributed by atoms with Crippen LogP contribution < -0.4 is 5.32 Å². The molecule has 0 aromatic rings. The summed E-state index contributed by atoms with van der Waals surface area (Å²) in [6.45, 7) is 1.34. The molecule has 7 heteroatoms. The SMILES string of the molecule is CC(CC(=O)CBr)NC(=O)C(F)(F)F. The van der Waals surface area contributed by atoms with Crippen molar-refractivity contribution in [3.63, 3.8) is 0 Å². The number of carbonyl (C=O) groups is 2. The molecule has 0 rings (SSSR count). The summed E-state index contributed by atoms with van der Waals surface area (Å²) >= 11 is 2.86. The lowest BCUT2D eigenvalue weighted by Crippen LogP contribution is -2.42. The van der Waals surface area contributed by atoms with E-state index in [9.17, 15) is 22.8 Å². The summed E-state index contributed by atoms with van der Waals surface area (Å²) in [6, 6.07) is -0.811. The fourth-order valence-corrected chi connectivity index (χ4v) is 0.982. The zero-order chi connectivity index (χ0) is 11.4. The van der Waals surface area contributed by atoms with Gasteiger partial charge in [0, 0.05) is 12.5 Å². The average Bonchev–Trinajstić information content (AvgIpc) is 2.02. The van der Waals surface area contributed by atoms with Crippen molar-refractivity contribution >= 4 is 27.6 Å². The predicted molar refractivity (Wildman–Crippen MR) is 47.1 cm³/mol. The Kier molecular flexibility index (Phi) is 5.11. The van der Waals surface area contributed by atoms with Gasteiger partial charge >= 0.3 is 12.1 Å². The van der Waals surface area contributed by atoms with Crippen LogP contribution in [0, 0.1) is 0 Å². The third-order valence-corrected chi connectivity index (χ3v) is 1.94. The van der Waals surface area contributed by atoms with Crippen LogP contribution in [0.2, 0.25) is 0 Å². The van der Waals surface area contributed by atoms with E-state index in [2.05, 4.69) is 15.9 Å². The van der Waals surface area contributed by atoms with Crippen molar-refractivity contribution < 1.29 is 22.8 Å². The summed E-state index contributed by atoms with van der Waals surface area (Å²) in [6.07, 6.45) is -5.02. The maximum absolute atomic E-state index is 11.7. The maximum atomic E-state index is 11.7. The topological polar surface area (TPSA) is 46.2 Å². The summed E-state index contributed by atoms with van der Waals surface area (Å²) in [5.41, 5.74) is 0. The van der Waals surface area contributed by atoms with Crippen LogP contribution in [0.5, 0.6) is 0 Å². The number of amides is 1. The number of carbonyl (C=O) groups excluding carboxylic acids is 2. The van der Waals surface area contributed by atoms with Crippen molar-refractivity contribution in [3.05, 3.63) is 0 Å². The summed E-state index contributed by atoms with van der Waals surface area (Å²) in [5, 5.41) is 1.75. The number of rotatable bonds is 4. The number of hydrogen-bond acceptors (Lipinski definition) is 2. The van der Waals surface area contributed by atoms with Gasteiger partial charge in [0.1, 0.15) is 5.78 Å². The smallest absolute Gasteiger partial charge is 0.345 e. The Bertz CT molecular complexity index is 229. The van der Waals surface area contributed by atoms with Crippen LogP contribution in [0.3, 0.4) is 0 Å². The molecule has 1 atom stereocenters. The molecule has 0 aromatic carbocycles. The van der Waals surface area contributed by atoms with E-state index in [-0.39, 0.29) is 17.5 Å². The zero-order valence-corrected chi connectivity index (χ0v) is 8.91. The number of alkyl halides is 4. The molecular formula is C7H9BrF3NO2. The molecule has 0 aromatic heterocycles. The van der Waals surface area contributed by atoms with Crippen molar-refractivity contribution in [2.45, 2.75) is 25.6 Å². The second-order valence-corrected chi connectivity index (χ2v) is 3.31. The van der Waals surface area contributed by atoms with Crippen molar-refractivity contribution in [2.75, 3.05) is 5.33 Å². The Morgan fingerprint density at radius 2 is 1.93 bits per heavy atom. The van der Waals surface area contributed by atoms with E-state index in [1.165, 1.54) is 6.92 Å². The highest BCUT2D eigenvalue weighted by atomic mass is 79.9. The average molecular weight is 276 g/mol. The van der Waals surface area contributed by atoms with Crippen molar-refractivity contribution in [1.82, 2.24) is 5.32 Å². The van der Waals surface area contributed by atoms with Gasteiger partial charge in [-0.3, -0.25) is 9.59 Å². The minimum Gasteiger partial charge on any atom is -0.345 e. The Balaban J connectivity index is 4.01. The first-order valence-electron chi connectivity index (χ1n) is 3.72. The Morgan fingerprint density at radius 3 is 2.29 bits per heavy atom. The van der Waals surface area contributed by atoms with Gasteiger partial charge in [0.2, 0.25) is 0 Å². The van der Waals surface area contributed by atoms with Crippen LogP contribution in [-0.4, -0.2) is 29.2 Å². The van der Waals surface area contributed by atoms with Gasteiger partial charge in [-0.15, -0.1) is 0 Å². The minimum absolute atomic E-state index is 0.0687. The van der Waals surface area contributed by atoms with Gasteiger partial charge in [-0.25, -0.2) is 0 Å². The Labute approximate surface area is 87.2 Å². The van der Waals surface area contributed by atoms with Gasteiger partial charge in [-0.05, 0) is 6.92 Å². The highest BCUT2D eigenvalue weighted by Gasteiger charge is 2.39. The molecule has 1 amide bonds. The summed E-state index contributed by atoms with van der Waals surface area (Å²) < 4.78 is 35.2. The van der Waals surface area contributed by atoms with E-state index in [1.807, 2.05) is 0 Å². The maximum Gasteiger partial charge on any atom is 0.471 e. The second-order valence-electron chi connectivity index (χ2n) is 2.75. The molecule has 0 fully saturated rings. The van der Waals surface area contributed by atoms with Gasteiger partial charge in [0.25, 0.3) is 0 Å². The van der Waals surface area contributed by atoms with E-state index < -0.39 is 18.1 Å². The Morgan fingerprint density at radius 1 is 1.43 bits per heavy atom. The molecule has 1 N–H and O–H groups in total. The van der Waals surface area contributed by atoms with Gasteiger partial charge in [-0.1, -0.05) is 15.9 Å². The highest BCUT2D eigenvalue weighted by molar-refractivity contribution is 9.09. The van der Waals surface area contributed by atoms with E-state index in [4.69, 9.17) is 0 Å². The standard InChI is InChI=1S/C7H9BrF3NO2/c1-4(2-5(13)3-8)12-6(14)7(9,10)11/h4H,2-3H2,1H3,(H,12,14).